The van der Waals surface area contributed by atoms with Crippen LogP contribution in [0.3, 0.4) is 0 Å². The predicted molar refractivity (Wildman–Crippen MR) is 71.1 cm³/mol. The van der Waals surface area contributed by atoms with Crippen molar-refractivity contribution >= 4 is 23.6 Å². The van der Waals surface area contributed by atoms with Crippen molar-refractivity contribution in [3.63, 3.8) is 0 Å². The number of ether oxygens (including phenoxy) is 1. The molecule has 0 amide bonds. The van der Waals surface area contributed by atoms with Crippen LogP contribution in [0.5, 0.6) is 0 Å². The Morgan fingerprint density at radius 2 is 2.29 bits per heavy atom. The second-order valence-corrected chi connectivity index (χ2v) is 3.93. The van der Waals surface area contributed by atoms with E-state index < -0.39 is 0 Å². The van der Waals surface area contributed by atoms with E-state index in [1.54, 1.807) is 19.3 Å². The molecule has 0 saturated heterocycles. The molecule has 0 heterocycles. The predicted octanol–water partition coefficient (Wildman–Crippen LogP) is 2.79. The van der Waals surface area contributed by atoms with E-state index in [2.05, 4.69) is 6.58 Å². The second kappa shape index (κ2) is 7.09. The first-order valence-corrected chi connectivity index (χ1v) is 5.70. The first-order valence-electron chi connectivity index (χ1n) is 5.33. The zero-order valence-electron chi connectivity index (χ0n) is 9.86. The number of nitrogens with zero attached hydrogens (tertiary/aromatic N) is 1. The molecule has 0 aliphatic carbocycles. The molecular formula is C13H16ClNO2. The highest BCUT2D eigenvalue weighted by molar-refractivity contribution is 6.33. The molecule has 0 saturated carbocycles. The van der Waals surface area contributed by atoms with Crippen molar-refractivity contribution in [1.82, 2.24) is 0 Å². The van der Waals surface area contributed by atoms with E-state index in [0.29, 0.717) is 30.3 Å². The third-order valence-corrected chi connectivity index (χ3v) is 2.73. The van der Waals surface area contributed by atoms with Crippen molar-refractivity contribution in [3.05, 3.63) is 41.4 Å². The van der Waals surface area contributed by atoms with Crippen LogP contribution in [0, 0.1) is 0 Å². The van der Waals surface area contributed by atoms with Gasteiger partial charge in [0, 0.05) is 25.9 Å². The molecule has 1 aromatic rings. The van der Waals surface area contributed by atoms with Gasteiger partial charge in [-0.05, 0) is 12.1 Å². The maximum atomic E-state index is 11.1. The third kappa shape index (κ3) is 3.58. The van der Waals surface area contributed by atoms with Crippen LogP contribution in [-0.2, 0) is 4.74 Å². The van der Waals surface area contributed by atoms with Crippen LogP contribution in [-0.4, -0.2) is 33.1 Å². The SMILES string of the molecule is C=CCN(CCOC)c1cccc(Cl)c1C=O. The van der Waals surface area contributed by atoms with Crippen molar-refractivity contribution in [3.8, 4) is 0 Å². The fourth-order valence-electron chi connectivity index (χ4n) is 1.59. The molecule has 1 aromatic carbocycles. The Kier molecular flexibility index (Phi) is 5.73. The zero-order valence-corrected chi connectivity index (χ0v) is 10.6. The van der Waals surface area contributed by atoms with E-state index in [9.17, 15) is 4.79 Å². The average Bonchev–Trinajstić information content (AvgIpc) is 2.34. The van der Waals surface area contributed by atoms with Crippen LogP contribution in [0.4, 0.5) is 5.69 Å². The molecule has 0 atom stereocenters. The monoisotopic (exact) mass is 253 g/mol. The van der Waals surface area contributed by atoms with Gasteiger partial charge in [-0.3, -0.25) is 4.79 Å². The molecular weight excluding hydrogens is 238 g/mol. The Morgan fingerprint density at radius 1 is 1.53 bits per heavy atom. The van der Waals surface area contributed by atoms with Gasteiger partial charge in [-0.15, -0.1) is 6.58 Å². The van der Waals surface area contributed by atoms with E-state index in [1.807, 2.05) is 17.0 Å². The first kappa shape index (κ1) is 13.7. The molecule has 17 heavy (non-hydrogen) atoms. The van der Waals surface area contributed by atoms with Crippen LogP contribution in [0.25, 0.3) is 0 Å². The molecule has 0 unspecified atom stereocenters. The second-order valence-electron chi connectivity index (χ2n) is 3.52. The minimum absolute atomic E-state index is 0.462. The number of anilines is 1. The summed E-state index contributed by atoms with van der Waals surface area (Å²) in [5.41, 5.74) is 1.32. The Morgan fingerprint density at radius 3 is 2.88 bits per heavy atom. The van der Waals surface area contributed by atoms with Gasteiger partial charge in [0.15, 0.2) is 6.29 Å². The molecule has 4 heteroatoms. The number of benzene rings is 1. The van der Waals surface area contributed by atoms with Crippen molar-refractivity contribution < 1.29 is 9.53 Å². The lowest BCUT2D eigenvalue weighted by molar-refractivity contribution is 0.112. The maximum absolute atomic E-state index is 11.1. The molecule has 0 N–H and O–H groups in total. The number of aldehydes is 1. The number of carbonyl (C=O) groups is 1. The van der Waals surface area contributed by atoms with E-state index in [0.717, 1.165) is 12.0 Å². The summed E-state index contributed by atoms with van der Waals surface area (Å²) < 4.78 is 5.05. The minimum Gasteiger partial charge on any atom is -0.383 e. The van der Waals surface area contributed by atoms with Gasteiger partial charge in [0.25, 0.3) is 0 Å². The van der Waals surface area contributed by atoms with Gasteiger partial charge in [-0.2, -0.15) is 0 Å². The Bertz CT molecular complexity index is 393. The van der Waals surface area contributed by atoms with Gasteiger partial charge in [-0.25, -0.2) is 0 Å². The smallest absolute Gasteiger partial charge is 0.153 e. The van der Waals surface area contributed by atoms with Gasteiger partial charge >= 0.3 is 0 Å². The van der Waals surface area contributed by atoms with Crippen LogP contribution < -0.4 is 4.90 Å². The molecule has 0 bridgehead atoms. The molecule has 0 radical (unpaired) electrons. The molecule has 3 nitrogen and oxygen atoms in total. The summed E-state index contributed by atoms with van der Waals surface area (Å²) in [6.07, 6.45) is 2.56. The molecule has 92 valence electrons. The summed E-state index contributed by atoms with van der Waals surface area (Å²) in [4.78, 5) is 13.1. The minimum atomic E-state index is 0.462. The molecule has 0 fully saturated rings. The van der Waals surface area contributed by atoms with Crippen molar-refractivity contribution in [2.24, 2.45) is 0 Å². The van der Waals surface area contributed by atoms with Crippen molar-refractivity contribution in [2.75, 3.05) is 31.7 Å². The Hall–Kier alpha value is -1.32. The zero-order chi connectivity index (χ0) is 12.7. The largest absolute Gasteiger partial charge is 0.383 e. The van der Waals surface area contributed by atoms with Gasteiger partial charge in [0.1, 0.15) is 0 Å². The summed E-state index contributed by atoms with van der Waals surface area (Å²) in [6.45, 7) is 5.62. The van der Waals surface area contributed by atoms with Crippen LogP contribution in [0.15, 0.2) is 30.9 Å². The lowest BCUT2D eigenvalue weighted by atomic mass is 10.1. The Balaban J connectivity index is 3.03. The van der Waals surface area contributed by atoms with Crippen molar-refractivity contribution in [2.45, 2.75) is 0 Å². The van der Waals surface area contributed by atoms with E-state index in [-0.39, 0.29) is 0 Å². The van der Waals surface area contributed by atoms with Gasteiger partial charge in [0.2, 0.25) is 0 Å². The number of rotatable bonds is 7. The summed E-state index contributed by atoms with van der Waals surface area (Å²) in [5, 5.41) is 0.462. The average molecular weight is 254 g/mol. The number of carbonyl (C=O) groups excluding carboxylic acids is 1. The third-order valence-electron chi connectivity index (χ3n) is 2.40. The molecule has 0 spiro atoms. The van der Waals surface area contributed by atoms with Gasteiger partial charge in [0.05, 0.1) is 17.2 Å². The standard InChI is InChI=1S/C13H16ClNO2/c1-3-7-15(8-9-17-2)13-6-4-5-12(14)11(13)10-16/h3-6,10H,1,7-9H2,2H3. The van der Waals surface area contributed by atoms with Crippen molar-refractivity contribution in [1.29, 1.82) is 0 Å². The van der Waals surface area contributed by atoms with Gasteiger partial charge < -0.3 is 9.64 Å². The quantitative estimate of drug-likeness (QED) is 0.553. The van der Waals surface area contributed by atoms with E-state index in [1.165, 1.54) is 0 Å². The normalized spacial score (nSPS) is 10.0. The highest BCUT2D eigenvalue weighted by Crippen LogP contribution is 2.25. The summed E-state index contributed by atoms with van der Waals surface area (Å²) >= 11 is 5.99. The van der Waals surface area contributed by atoms with Crippen LogP contribution in [0.2, 0.25) is 5.02 Å². The van der Waals surface area contributed by atoms with E-state index in [4.69, 9.17) is 16.3 Å². The summed E-state index contributed by atoms with van der Waals surface area (Å²) in [7, 11) is 1.64. The topological polar surface area (TPSA) is 29.5 Å². The first-order chi connectivity index (χ1) is 8.24. The molecule has 1 rings (SSSR count). The number of hydrogen-bond acceptors (Lipinski definition) is 3. The lowest BCUT2D eigenvalue weighted by Crippen LogP contribution is -2.28. The van der Waals surface area contributed by atoms with Crippen LogP contribution >= 0.6 is 11.6 Å². The highest BCUT2D eigenvalue weighted by Gasteiger charge is 2.12. The van der Waals surface area contributed by atoms with Crippen LogP contribution in [0.1, 0.15) is 10.4 Å². The summed E-state index contributed by atoms with van der Waals surface area (Å²) in [5.74, 6) is 0. The fourth-order valence-corrected chi connectivity index (χ4v) is 1.80. The lowest BCUT2D eigenvalue weighted by Gasteiger charge is -2.24. The highest BCUT2D eigenvalue weighted by atomic mass is 35.5. The number of methoxy groups -OCH3 is 1. The maximum Gasteiger partial charge on any atom is 0.153 e. The summed E-state index contributed by atoms with van der Waals surface area (Å²) in [6, 6.07) is 5.40. The molecule has 0 aliphatic heterocycles. The number of halogens is 1. The molecule has 0 aromatic heterocycles. The number of hydrogen-bond donors (Lipinski definition) is 0. The molecule has 0 aliphatic rings. The van der Waals surface area contributed by atoms with Gasteiger partial charge in [-0.1, -0.05) is 23.7 Å². The Labute approximate surface area is 107 Å². The van der Waals surface area contributed by atoms with E-state index >= 15 is 0 Å². The fraction of sp³-hybridized carbons (Fsp3) is 0.308.